The zero-order chi connectivity index (χ0) is 8.84. The van der Waals surface area contributed by atoms with Crippen LogP contribution < -0.4 is 0 Å². The maximum absolute atomic E-state index is 4.54. The van der Waals surface area contributed by atoms with Crippen molar-refractivity contribution in [3.8, 4) is 0 Å². The van der Waals surface area contributed by atoms with Gasteiger partial charge in [0.15, 0.2) is 0 Å². The lowest BCUT2D eigenvalue weighted by Gasteiger charge is -1.99. The van der Waals surface area contributed by atoms with Gasteiger partial charge in [0, 0.05) is 12.4 Å². The summed E-state index contributed by atoms with van der Waals surface area (Å²) in [4.78, 5) is 4.54. The highest BCUT2D eigenvalue weighted by atomic mass is 15.0. The molecule has 1 aliphatic rings. The van der Waals surface area contributed by atoms with E-state index >= 15 is 0 Å². The first-order valence-corrected chi connectivity index (χ1v) is 4.79. The summed E-state index contributed by atoms with van der Waals surface area (Å²) in [6.45, 7) is 2.05. The quantitative estimate of drug-likeness (QED) is 0.646. The Labute approximate surface area is 77.2 Å². The second-order valence-electron chi connectivity index (χ2n) is 3.85. The van der Waals surface area contributed by atoms with Crippen molar-refractivity contribution in [2.75, 3.05) is 0 Å². The van der Waals surface area contributed by atoms with Crippen LogP contribution in [-0.2, 0) is 0 Å². The van der Waals surface area contributed by atoms with E-state index in [1.807, 2.05) is 6.92 Å². The molecule has 0 amide bonds. The van der Waals surface area contributed by atoms with E-state index < -0.39 is 0 Å². The van der Waals surface area contributed by atoms with Gasteiger partial charge in [-0.15, -0.1) is 0 Å². The van der Waals surface area contributed by atoms with Gasteiger partial charge in [-0.1, -0.05) is 6.07 Å². The molecule has 66 valence electrons. The van der Waals surface area contributed by atoms with Crippen LogP contribution in [0.1, 0.15) is 30.0 Å². The molecule has 3 rings (SSSR count). The number of rotatable bonds is 1. The molecular weight excluding hydrogens is 160 g/mol. The van der Waals surface area contributed by atoms with Crippen LogP contribution in [0.2, 0.25) is 0 Å². The van der Waals surface area contributed by atoms with Crippen molar-refractivity contribution in [1.82, 2.24) is 9.38 Å². The van der Waals surface area contributed by atoms with E-state index in [1.54, 1.807) is 0 Å². The Morgan fingerprint density at radius 2 is 2.31 bits per heavy atom. The van der Waals surface area contributed by atoms with Gasteiger partial charge in [0.1, 0.15) is 5.65 Å². The van der Waals surface area contributed by atoms with Crippen molar-refractivity contribution in [1.29, 1.82) is 0 Å². The number of imidazole rings is 1. The normalized spacial score (nSPS) is 16.7. The minimum atomic E-state index is 0.783. The Hall–Kier alpha value is -1.31. The largest absolute Gasteiger partial charge is 0.307 e. The summed E-state index contributed by atoms with van der Waals surface area (Å²) in [6, 6.07) is 4.32. The third-order valence-corrected chi connectivity index (χ3v) is 2.65. The van der Waals surface area contributed by atoms with Gasteiger partial charge < -0.3 is 4.40 Å². The summed E-state index contributed by atoms with van der Waals surface area (Å²) in [5.74, 6) is 0.783. The molecule has 1 aliphatic carbocycles. The monoisotopic (exact) mass is 172 g/mol. The van der Waals surface area contributed by atoms with Crippen LogP contribution in [0.5, 0.6) is 0 Å². The lowest BCUT2D eigenvalue weighted by Crippen LogP contribution is -1.88. The third-order valence-electron chi connectivity index (χ3n) is 2.65. The Kier molecular flexibility index (Phi) is 1.29. The second kappa shape index (κ2) is 2.34. The van der Waals surface area contributed by atoms with Crippen molar-refractivity contribution in [3.05, 3.63) is 35.8 Å². The smallest absolute Gasteiger partial charge is 0.140 e. The highest BCUT2D eigenvalue weighted by Crippen LogP contribution is 2.41. The van der Waals surface area contributed by atoms with Gasteiger partial charge >= 0.3 is 0 Å². The first kappa shape index (κ1) is 7.13. The lowest BCUT2D eigenvalue weighted by atomic mass is 10.2. The number of fused-ring (bicyclic) bond motifs is 1. The number of aromatic nitrogens is 2. The molecule has 0 radical (unpaired) electrons. The number of aryl methyl sites for hydroxylation is 1. The summed E-state index contributed by atoms with van der Waals surface area (Å²) >= 11 is 0. The van der Waals surface area contributed by atoms with Crippen molar-refractivity contribution >= 4 is 5.65 Å². The molecular formula is C11H12N2. The summed E-state index contributed by atoms with van der Waals surface area (Å²) in [7, 11) is 0. The zero-order valence-electron chi connectivity index (χ0n) is 7.70. The maximum atomic E-state index is 4.54. The molecule has 2 heterocycles. The minimum absolute atomic E-state index is 0.783. The summed E-state index contributed by atoms with van der Waals surface area (Å²) in [6.07, 6.45) is 6.83. The van der Waals surface area contributed by atoms with Crippen LogP contribution in [0.25, 0.3) is 5.65 Å². The molecule has 0 bridgehead atoms. The first-order valence-electron chi connectivity index (χ1n) is 4.79. The molecule has 2 heteroatoms. The zero-order valence-corrected chi connectivity index (χ0v) is 7.70. The highest BCUT2D eigenvalue weighted by Gasteiger charge is 2.26. The fraction of sp³-hybridized carbons (Fsp3) is 0.364. The fourth-order valence-electron chi connectivity index (χ4n) is 1.87. The van der Waals surface area contributed by atoms with Crippen LogP contribution in [0.15, 0.2) is 24.5 Å². The van der Waals surface area contributed by atoms with Gasteiger partial charge in [0.25, 0.3) is 0 Å². The van der Waals surface area contributed by atoms with E-state index in [-0.39, 0.29) is 0 Å². The molecule has 0 aromatic carbocycles. The fourth-order valence-corrected chi connectivity index (χ4v) is 1.87. The average molecular weight is 172 g/mol. The van der Waals surface area contributed by atoms with Crippen molar-refractivity contribution in [2.45, 2.75) is 25.7 Å². The molecule has 0 saturated heterocycles. The Balaban J connectivity index is 2.31. The second-order valence-corrected chi connectivity index (χ2v) is 3.85. The van der Waals surface area contributed by atoms with E-state index in [0.717, 1.165) is 17.3 Å². The molecule has 2 nitrogen and oxygen atoms in total. The number of nitrogens with zero attached hydrogens (tertiary/aromatic N) is 2. The molecule has 0 N–H and O–H groups in total. The van der Waals surface area contributed by atoms with Gasteiger partial charge in [-0.3, -0.25) is 0 Å². The molecule has 1 saturated carbocycles. The van der Waals surface area contributed by atoms with E-state index in [2.05, 4.69) is 33.9 Å². The number of hydrogen-bond acceptors (Lipinski definition) is 1. The molecule has 0 aliphatic heterocycles. The summed E-state index contributed by atoms with van der Waals surface area (Å²) in [5, 5.41) is 0. The molecule has 2 aromatic rings. The first-order chi connectivity index (χ1) is 6.34. The van der Waals surface area contributed by atoms with Crippen molar-refractivity contribution in [2.24, 2.45) is 0 Å². The van der Waals surface area contributed by atoms with Crippen LogP contribution >= 0.6 is 0 Å². The standard InChI is InChI=1S/C11H12N2/c1-8-7-13-6-2-3-10(9-4-5-9)11(13)12-8/h2-3,6-7,9H,4-5H2,1H3. The number of hydrogen-bond donors (Lipinski definition) is 0. The van der Waals surface area contributed by atoms with Crippen LogP contribution in [0.3, 0.4) is 0 Å². The van der Waals surface area contributed by atoms with E-state index in [4.69, 9.17) is 0 Å². The predicted octanol–water partition coefficient (Wildman–Crippen LogP) is 2.52. The van der Waals surface area contributed by atoms with E-state index in [0.29, 0.717) is 0 Å². The van der Waals surface area contributed by atoms with Gasteiger partial charge in [-0.05, 0) is 37.3 Å². The molecule has 13 heavy (non-hydrogen) atoms. The minimum Gasteiger partial charge on any atom is -0.307 e. The van der Waals surface area contributed by atoms with Crippen molar-refractivity contribution in [3.63, 3.8) is 0 Å². The highest BCUT2D eigenvalue weighted by molar-refractivity contribution is 5.52. The van der Waals surface area contributed by atoms with Gasteiger partial charge in [-0.25, -0.2) is 4.98 Å². The van der Waals surface area contributed by atoms with Gasteiger partial charge in [-0.2, -0.15) is 0 Å². The van der Waals surface area contributed by atoms with Gasteiger partial charge in [0.05, 0.1) is 5.69 Å². The molecule has 0 unspecified atom stereocenters. The predicted molar refractivity (Wildman–Crippen MR) is 51.9 cm³/mol. The maximum Gasteiger partial charge on any atom is 0.140 e. The SMILES string of the molecule is Cc1cn2cccc(C3CC3)c2n1. The topological polar surface area (TPSA) is 17.3 Å². The third kappa shape index (κ3) is 1.05. The van der Waals surface area contributed by atoms with Crippen LogP contribution in [0, 0.1) is 6.92 Å². The average Bonchev–Trinajstić information content (AvgIpc) is 2.86. The lowest BCUT2D eigenvalue weighted by molar-refractivity contribution is 1.08. The molecule has 0 spiro atoms. The molecule has 0 atom stereocenters. The Morgan fingerprint density at radius 1 is 1.46 bits per heavy atom. The van der Waals surface area contributed by atoms with Crippen LogP contribution in [-0.4, -0.2) is 9.38 Å². The molecule has 1 fully saturated rings. The Morgan fingerprint density at radius 3 is 3.08 bits per heavy atom. The van der Waals surface area contributed by atoms with E-state index in [9.17, 15) is 0 Å². The van der Waals surface area contributed by atoms with Crippen LogP contribution in [0.4, 0.5) is 0 Å². The van der Waals surface area contributed by atoms with Crippen molar-refractivity contribution < 1.29 is 0 Å². The van der Waals surface area contributed by atoms with E-state index in [1.165, 1.54) is 18.4 Å². The number of pyridine rings is 1. The summed E-state index contributed by atoms with van der Waals surface area (Å²) in [5.41, 5.74) is 3.69. The Bertz CT molecular complexity index is 452. The van der Waals surface area contributed by atoms with Gasteiger partial charge in [0.2, 0.25) is 0 Å². The summed E-state index contributed by atoms with van der Waals surface area (Å²) < 4.78 is 2.13. The molecule has 2 aromatic heterocycles.